The molecule has 0 unspecified atom stereocenters. The SMILES string of the molecule is O=C(Nc1cccc(COCC2CC2)c1)c1cc(Cl)nc2ccccc12. The number of hydrogen-bond acceptors (Lipinski definition) is 3. The quantitative estimate of drug-likeness (QED) is 0.620. The molecule has 1 amide bonds. The molecule has 2 aromatic carbocycles. The number of halogens is 1. The smallest absolute Gasteiger partial charge is 0.256 e. The Morgan fingerprint density at radius 2 is 2.00 bits per heavy atom. The van der Waals surface area contributed by atoms with Crippen LogP contribution >= 0.6 is 11.6 Å². The zero-order valence-corrected chi connectivity index (χ0v) is 15.0. The molecule has 0 atom stereocenters. The van der Waals surface area contributed by atoms with E-state index in [-0.39, 0.29) is 5.91 Å². The van der Waals surface area contributed by atoms with Crippen molar-refractivity contribution in [3.63, 3.8) is 0 Å². The minimum absolute atomic E-state index is 0.207. The first-order valence-electron chi connectivity index (χ1n) is 8.72. The molecule has 1 N–H and O–H groups in total. The Balaban J connectivity index is 1.51. The van der Waals surface area contributed by atoms with Crippen molar-refractivity contribution < 1.29 is 9.53 Å². The molecule has 5 heteroatoms. The second kappa shape index (κ2) is 7.44. The van der Waals surface area contributed by atoms with Gasteiger partial charge in [0.2, 0.25) is 0 Å². The highest BCUT2D eigenvalue weighted by atomic mass is 35.5. The van der Waals surface area contributed by atoms with Crippen LogP contribution in [0.15, 0.2) is 54.6 Å². The van der Waals surface area contributed by atoms with Crippen LogP contribution in [0, 0.1) is 5.92 Å². The number of benzene rings is 2. The third-order valence-electron chi connectivity index (χ3n) is 4.43. The van der Waals surface area contributed by atoms with Gasteiger partial charge in [-0.1, -0.05) is 41.9 Å². The van der Waals surface area contributed by atoms with E-state index in [1.165, 1.54) is 12.8 Å². The Morgan fingerprint density at radius 3 is 2.85 bits per heavy atom. The Kier molecular flexibility index (Phi) is 4.87. The molecule has 0 bridgehead atoms. The zero-order chi connectivity index (χ0) is 17.9. The third-order valence-corrected chi connectivity index (χ3v) is 4.63. The second-order valence-corrected chi connectivity index (χ2v) is 7.01. The number of anilines is 1. The van der Waals surface area contributed by atoms with Gasteiger partial charge in [0.25, 0.3) is 5.91 Å². The molecule has 1 aliphatic carbocycles. The Labute approximate surface area is 157 Å². The molecule has 1 aliphatic rings. The molecule has 26 heavy (non-hydrogen) atoms. The molecule has 1 aromatic heterocycles. The topological polar surface area (TPSA) is 51.2 Å². The van der Waals surface area contributed by atoms with Crippen LogP contribution in [0.3, 0.4) is 0 Å². The molecule has 0 radical (unpaired) electrons. The van der Waals surface area contributed by atoms with Gasteiger partial charge in [0.1, 0.15) is 5.15 Å². The van der Waals surface area contributed by atoms with Crippen LogP contribution in [0.5, 0.6) is 0 Å². The van der Waals surface area contributed by atoms with Crippen molar-refractivity contribution in [3.05, 3.63) is 70.9 Å². The van der Waals surface area contributed by atoms with Gasteiger partial charge in [0, 0.05) is 17.7 Å². The fourth-order valence-corrected chi connectivity index (χ4v) is 3.10. The van der Waals surface area contributed by atoms with Gasteiger partial charge in [-0.05, 0) is 48.6 Å². The zero-order valence-electron chi connectivity index (χ0n) is 14.2. The van der Waals surface area contributed by atoms with Crippen molar-refractivity contribution in [3.8, 4) is 0 Å². The molecule has 4 nitrogen and oxygen atoms in total. The largest absolute Gasteiger partial charge is 0.376 e. The number of fused-ring (bicyclic) bond motifs is 1. The lowest BCUT2D eigenvalue weighted by Gasteiger charge is -2.10. The van der Waals surface area contributed by atoms with Crippen molar-refractivity contribution >= 4 is 34.1 Å². The minimum atomic E-state index is -0.207. The Morgan fingerprint density at radius 1 is 1.15 bits per heavy atom. The maximum absolute atomic E-state index is 12.8. The normalized spacial score (nSPS) is 13.7. The summed E-state index contributed by atoms with van der Waals surface area (Å²) in [5.74, 6) is 0.532. The number of rotatable bonds is 6. The lowest BCUT2D eigenvalue weighted by molar-refractivity contribution is 0.102. The van der Waals surface area contributed by atoms with E-state index in [0.717, 1.165) is 29.2 Å². The lowest BCUT2D eigenvalue weighted by atomic mass is 10.1. The molecule has 0 aliphatic heterocycles. The van der Waals surface area contributed by atoms with E-state index in [0.29, 0.717) is 22.8 Å². The molecule has 1 fully saturated rings. The van der Waals surface area contributed by atoms with Gasteiger partial charge in [-0.2, -0.15) is 0 Å². The number of nitrogens with one attached hydrogen (secondary N) is 1. The number of pyridine rings is 1. The molecule has 3 aromatic rings. The molecule has 0 saturated heterocycles. The maximum atomic E-state index is 12.8. The summed E-state index contributed by atoms with van der Waals surface area (Å²) in [7, 11) is 0. The summed E-state index contributed by atoms with van der Waals surface area (Å²) in [6.45, 7) is 1.38. The van der Waals surface area contributed by atoms with Crippen LogP contribution in [0.4, 0.5) is 5.69 Å². The van der Waals surface area contributed by atoms with Crippen molar-refractivity contribution in [1.29, 1.82) is 0 Å². The lowest BCUT2D eigenvalue weighted by Crippen LogP contribution is -2.13. The van der Waals surface area contributed by atoms with E-state index in [1.807, 2.05) is 48.5 Å². The fourth-order valence-electron chi connectivity index (χ4n) is 2.90. The third kappa shape index (κ3) is 4.03. The number of para-hydroxylation sites is 1. The van der Waals surface area contributed by atoms with Gasteiger partial charge in [0.05, 0.1) is 17.7 Å². The number of aromatic nitrogens is 1. The predicted octanol–water partition coefficient (Wildman–Crippen LogP) is 5.07. The summed E-state index contributed by atoms with van der Waals surface area (Å²) in [6, 6.07) is 16.8. The summed E-state index contributed by atoms with van der Waals surface area (Å²) in [4.78, 5) is 17.0. The Bertz CT molecular complexity index is 954. The summed E-state index contributed by atoms with van der Waals surface area (Å²) in [6.07, 6.45) is 2.55. The van der Waals surface area contributed by atoms with Gasteiger partial charge in [-0.15, -0.1) is 0 Å². The fraction of sp³-hybridized carbons (Fsp3) is 0.238. The molecule has 1 heterocycles. The van der Waals surface area contributed by atoms with Crippen LogP contribution in [-0.2, 0) is 11.3 Å². The Hall–Kier alpha value is -2.43. The van der Waals surface area contributed by atoms with Crippen molar-refractivity contribution in [2.45, 2.75) is 19.4 Å². The maximum Gasteiger partial charge on any atom is 0.256 e. The highest BCUT2D eigenvalue weighted by Gasteiger charge is 2.21. The minimum Gasteiger partial charge on any atom is -0.376 e. The van der Waals surface area contributed by atoms with E-state index in [2.05, 4.69) is 10.3 Å². The van der Waals surface area contributed by atoms with Gasteiger partial charge in [-0.3, -0.25) is 4.79 Å². The molecule has 0 spiro atoms. The van der Waals surface area contributed by atoms with Crippen LogP contribution in [0.1, 0.15) is 28.8 Å². The molecule has 4 rings (SSSR count). The standard InChI is InChI=1S/C21H19ClN2O2/c22-20-11-18(17-6-1-2-7-19(17)24-20)21(25)23-16-5-3-4-15(10-16)13-26-12-14-8-9-14/h1-7,10-11,14H,8-9,12-13H2,(H,23,25). The average molecular weight is 367 g/mol. The van der Waals surface area contributed by atoms with E-state index < -0.39 is 0 Å². The number of carbonyl (C=O) groups is 1. The monoisotopic (exact) mass is 366 g/mol. The van der Waals surface area contributed by atoms with Gasteiger partial charge < -0.3 is 10.1 Å². The van der Waals surface area contributed by atoms with Crippen molar-refractivity contribution in [1.82, 2.24) is 4.98 Å². The summed E-state index contributed by atoms with van der Waals surface area (Å²) >= 11 is 6.08. The number of nitrogens with zero attached hydrogens (tertiary/aromatic N) is 1. The number of carbonyl (C=O) groups excluding carboxylic acids is 1. The first-order valence-corrected chi connectivity index (χ1v) is 9.10. The second-order valence-electron chi connectivity index (χ2n) is 6.62. The van der Waals surface area contributed by atoms with Crippen molar-refractivity contribution in [2.75, 3.05) is 11.9 Å². The molecular weight excluding hydrogens is 348 g/mol. The number of hydrogen-bond donors (Lipinski definition) is 1. The van der Waals surface area contributed by atoms with Gasteiger partial charge in [0.15, 0.2) is 0 Å². The average Bonchev–Trinajstić information content (AvgIpc) is 3.45. The van der Waals surface area contributed by atoms with Crippen LogP contribution in [0.2, 0.25) is 5.15 Å². The van der Waals surface area contributed by atoms with E-state index in [4.69, 9.17) is 16.3 Å². The van der Waals surface area contributed by atoms with Crippen LogP contribution in [0.25, 0.3) is 10.9 Å². The molecule has 1 saturated carbocycles. The first-order chi connectivity index (χ1) is 12.7. The summed E-state index contributed by atoms with van der Waals surface area (Å²) in [5.41, 5.74) is 2.99. The summed E-state index contributed by atoms with van der Waals surface area (Å²) < 4.78 is 5.72. The summed E-state index contributed by atoms with van der Waals surface area (Å²) in [5, 5.41) is 4.03. The number of amides is 1. The van der Waals surface area contributed by atoms with Crippen molar-refractivity contribution in [2.24, 2.45) is 5.92 Å². The van der Waals surface area contributed by atoms with E-state index in [9.17, 15) is 4.79 Å². The van der Waals surface area contributed by atoms with Gasteiger partial charge >= 0.3 is 0 Å². The van der Waals surface area contributed by atoms with E-state index in [1.54, 1.807) is 6.07 Å². The van der Waals surface area contributed by atoms with Crippen LogP contribution < -0.4 is 5.32 Å². The number of ether oxygens (including phenoxy) is 1. The molecular formula is C21H19ClN2O2. The molecule has 132 valence electrons. The van der Waals surface area contributed by atoms with Crippen LogP contribution in [-0.4, -0.2) is 17.5 Å². The highest BCUT2D eigenvalue weighted by Crippen LogP contribution is 2.29. The predicted molar refractivity (Wildman–Crippen MR) is 104 cm³/mol. The van der Waals surface area contributed by atoms with E-state index >= 15 is 0 Å². The van der Waals surface area contributed by atoms with Gasteiger partial charge in [-0.25, -0.2) is 4.98 Å². The highest BCUT2D eigenvalue weighted by molar-refractivity contribution is 6.30. The first kappa shape index (κ1) is 17.0.